The molecule has 104 valence electrons. The van der Waals surface area contributed by atoms with Gasteiger partial charge < -0.3 is 10.4 Å². The van der Waals surface area contributed by atoms with Crippen LogP contribution in [-0.2, 0) is 5.54 Å². The van der Waals surface area contributed by atoms with Gasteiger partial charge in [-0.05, 0) is 36.8 Å². The van der Waals surface area contributed by atoms with Gasteiger partial charge in [-0.2, -0.15) is 0 Å². The maximum atomic E-state index is 12.3. The molecule has 0 aliphatic heterocycles. The molecular formula is C16H16BrNO2. The van der Waals surface area contributed by atoms with Gasteiger partial charge in [0.2, 0.25) is 0 Å². The molecule has 2 rings (SSSR count). The Bertz CT molecular complexity index is 583. The first-order chi connectivity index (χ1) is 9.55. The van der Waals surface area contributed by atoms with E-state index in [0.717, 1.165) is 10.0 Å². The first kappa shape index (κ1) is 14.8. The molecule has 0 heterocycles. The molecular weight excluding hydrogens is 318 g/mol. The standard InChI is InChI=1S/C16H16BrNO2/c1-16(11-19,13-5-3-2-4-6-13)18-15(20)12-7-9-14(17)10-8-12/h2-10,19H,11H2,1H3,(H,18,20). The van der Waals surface area contributed by atoms with Crippen LogP contribution in [0, 0.1) is 0 Å². The molecule has 4 heteroatoms. The Morgan fingerprint density at radius 3 is 2.30 bits per heavy atom. The Morgan fingerprint density at radius 1 is 1.15 bits per heavy atom. The van der Waals surface area contributed by atoms with Crippen molar-refractivity contribution in [2.24, 2.45) is 0 Å². The molecule has 20 heavy (non-hydrogen) atoms. The van der Waals surface area contributed by atoms with Crippen LogP contribution in [0.2, 0.25) is 0 Å². The van der Waals surface area contributed by atoms with Crippen molar-refractivity contribution in [2.45, 2.75) is 12.5 Å². The zero-order valence-electron chi connectivity index (χ0n) is 11.1. The van der Waals surface area contributed by atoms with E-state index in [9.17, 15) is 9.90 Å². The van der Waals surface area contributed by atoms with Gasteiger partial charge in [0, 0.05) is 10.0 Å². The zero-order chi connectivity index (χ0) is 14.6. The van der Waals surface area contributed by atoms with Crippen LogP contribution in [0.4, 0.5) is 0 Å². The van der Waals surface area contributed by atoms with Crippen molar-refractivity contribution >= 4 is 21.8 Å². The number of amides is 1. The summed E-state index contributed by atoms with van der Waals surface area (Å²) in [4.78, 5) is 12.3. The number of nitrogens with one attached hydrogen (secondary N) is 1. The second kappa shape index (κ2) is 6.20. The fourth-order valence-electron chi connectivity index (χ4n) is 1.93. The topological polar surface area (TPSA) is 49.3 Å². The summed E-state index contributed by atoms with van der Waals surface area (Å²) in [5.74, 6) is -0.210. The van der Waals surface area contributed by atoms with E-state index in [0.29, 0.717) is 5.56 Å². The normalized spacial score (nSPS) is 13.6. The van der Waals surface area contributed by atoms with Gasteiger partial charge >= 0.3 is 0 Å². The van der Waals surface area contributed by atoms with Crippen LogP contribution >= 0.6 is 15.9 Å². The highest BCUT2D eigenvalue weighted by molar-refractivity contribution is 9.10. The number of benzene rings is 2. The molecule has 0 aliphatic carbocycles. The van der Waals surface area contributed by atoms with Gasteiger partial charge in [0.1, 0.15) is 0 Å². The Hall–Kier alpha value is -1.65. The van der Waals surface area contributed by atoms with Gasteiger partial charge in [-0.3, -0.25) is 4.79 Å². The maximum absolute atomic E-state index is 12.3. The molecule has 0 bridgehead atoms. The van der Waals surface area contributed by atoms with Gasteiger partial charge in [-0.1, -0.05) is 46.3 Å². The minimum absolute atomic E-state index is 0.167. The Balaban J connectivity index is 2.22. The molecule has 2 aromatic rings. The predicted octanol–water partition coefficient (Wildman–Crippen LogP) is 3.09. The van der Waals surface area contributed by atoms with Crippen LogP contribution in [0.3, 0.4) is 0 Å². The van der Waals surface area contributed by atoms with Gasteiger partial charge in [0.05, 0.1) is 12.1 Å². The molecule has 2 aromatic carbocycles. The molecule has 0 aromatic heterocycles. The van der Waals surface area contributed by atoms with E-state index in [4.69, 9.17) is 0 Å². The number of hydrogen-bond donors (Lipinski definition) is 2. The van der Waals surface area contributed by atoms with Crippen LogP contribution in [0.1, 0.15) is 22.8 Å². The molecule has 0 radical (unpaired) electrons. The van der Waals surface area contributed by atoms with Crippen molar-refractivity contribution in [1.29, 1.82) is 0 Å². The van der Waals surface area contributed by atoms with E-state index in [1.807, 2.05) is 42.5 Å². The Morgan fingerprint density at radius 2 is 1.75 bits per heavy atom. The number of aliphatic hydroxyl groups is 1. The number of rotatable bonds is 4. The largest absolute Gasteiger partial charge is 0.394 e. The lowest BCUT2D eigenvalue weighted by atomic mass is 9.92. The van der Waals surface area contributed by atoms with E-state index in [2.05, 4.69) is 21.2 Å². The maximum Gasteiger partial charge on any atom is 0.252 e. The highest BCUT2D eigenvalue weighted by Crippen LogP contribution is 2.21. The molecule has 0 aliphatic rings. The third-order valence-electron chi connectivity index (χ3n) is 3.22. The minimum atomic E-state index is -0.800. The average molecular weight is 334 g/mol. The molecule has 1 atom stereocenters. The Labute approximate surface area is 126 Å². The summed E-state index contributed by atoms with van der Waals surface area (Å²) >= 11 is 3.33. The van der Waals surface area contributed by atoms with E-state index < -0.39 is 5.54 Å². The molecule has 0 spiro atoms. The fourth-order valence-corrected chi connectivity index (χ4v) is 2.20. The van der Waals surface area contributed by atoms with Crippen LogP contribution in [0.5, 0.6) is 0 Å². The summed E-state index contributed by atoms with van der Waals surface area (Å²) in [6.45, 7) is 1.64. The number of carbonyl (C=O) groups excluding carboxylic acids is 1. The SMILES string of the molecule is CC(CO)(NC(=O)c1ccc(Br)cc1)c1ccccc1. The minimum Gasteiger partial charge on any atom is -0.394 e. The first-order valence-corrected chi connectivity index (χ1v) is 7.09. The third-order valence-corrected chi connectivity index (χ3v) is 3.75. The lowest BCUT2D eigenvalue weighted by molar-refractivity contribution is 0.0849. The molecule has 0 saturated heterocycles. The summed E-state index contributed by atoms with van der Waals surface area (Å²) in [5, 5.41) is 12.5. The van der Waals surface area contributed by atoms with Gasteiger partial charge in [-0.25, -0.2) is 0 Å². The van der Waals surface area contributed by atoms with E-state index in [1.165, 1.54) is 0 Å². The van der Waals surface area contributed by atoms with Crippen molar-refractivity contribution in [1.82, 2.24) is 5.32 Å². The average Bonchev–Trinajstić information content (AvgIpc) is 2.48. The highest BCUT2D eigenvalue weighted by atomic mass is 79.9. The first-order valence-electron chi connectivity index (χ1n) is 6.29. The number of halogens is 1. The number of carbonyl (C=O) groups is 1. The second-order valence-electron chi connectivity index (χ2n) is 4.82. The Kier molecular flexibility index (Phi) is 4.57. The van der Waals surface area contributed by atoms with Crippen molar-refractivity contribution < 1.29 is 9.90 Å². The molecule has 0 fully saturated rings. The summed E-state index contributed by atoms with van der Waals surface area (Å²) in [6.07, 6.45) is 0. The van der Waals surface area contributed by atoms with Crippen LogP contribution in [0.15, 0.2) is 59.1 Å². The zero-order valence-corrected chi connectivity index (χ0v) is 12.7. The molecule has 0 saturated carbocycles. The monoisotopic (exact) mass is 333 g/mol. The summed E-state index contributed by atoms with van der Waals surface area (Å²) in [7, 11) is 0. The molecule has 1 amide bonds. The van der Waals surface area contributed by atoms with E-state index >= 15 is 0 Å². The highest BCUT2D eigenvalue weighted by Gasteiger charge is 2.27. The number of hydrogen-bond acceptors (Lipinski definition) is 2. The van der Waals surface area contributed by atoms with Crippen LogP contribution in [0.25, 0.3) is 0 Å². The number of aliphatic hydroxyl groups excluding tert-OH is 1. The van der Waals surface area contributed by atoms with E-state index in [-0.39, 0.29) is 12.5 Å². The summed E-state index contributed by atoms with van der Waals surface area (Å²) < 4.78 is 0.919. The fraction of sp³-hybridized carbons (Fsp3) is 0.188. The van der Waals surface area contributed by atoms with Gasteiger partial charge in [0.25, 0.3) is 5.91 Å². The molecule has 2 N–H and O–H groups in total. The van der Waals surface area contributed by atoms with Crippen LogP contribution < -0.4 is 5.32 Å². The van der Waals surface area contributed by atoms with Gasteiger partial charge in [-0.15, -0.1) is 0 Å². The summed E-state index contributed by atoms with van der Waals surface area (Å²) in [6, 6.07) is 16.5. The quantitative estimate of drug-likeness (QED) is 0.903. The predicted molar refractivity (Wildman–Crippen MR) is 82.5 cm³/mol. The van der Waals surface area contributed by atoms with Crippen molar-refractivity contribution in [2.75, 3.05) is 6.61 Å². The van der Waals surface area contributed by atoms with Crippen molar-refractivity contribution in [3.8, 4) is 0 Å². The molecule has 3 nitrogen and oxygen atoms in total. The van der Waals surface area contributed by atoms with Crippen molar-refractivity contribution in [3.05, 3.63) is 70.2 Å². The van der Waals surface area contributed by atoms with Gasteiger partial charge in [0.15, 0.2) is 0 Å². The lowest BCUT2D eigenvalue weighted by Crippen LogP contribution is -2.46. The summed E-state index contributed by atoms with van der Waals surface area (Å²) in [5.41, 5.74) is 0.627. The third kappa shape index (κ3) is 3.26. The van der Waals surface area contributed by atoms with Crippen LogP contribution in [-0.4, -0.2) is 17.6 Å². The second-order valence-corrected chi connectivity index (χ2v) is 5.73. The lowest BCUT2D eigenvalue weighted by Gasteiger charge is -2.29. The van der Waals surface area contributed by atoms with Crippen molar-refractivity contribution in [3.63, 3.8) is 0 Å². The smallest absolute Gasteiger partial charge is 0.252 e. The van der Waals surface area contributed by atoms with E-state index in [1.54, 1.807) is 19.1 Å². The molecule has 1 unspecified atom stereocenters.